The molecule has 1 unspecified atom stereocenters. The summed E-state index contributed by atoms with van der Waals surface area (Å²) in [5, 5.41) is 13.9. The average Bonchev–Trinajstić information content (AvgIpc) is 2.82. The van der Waals surface area contributed by atoms with Gasteiger partial charge in [-0.3, -0.25) is 4.68 Å². The van der Waals surface area contributed by atoms with Crippen molar-refractivity contribution < 1.29 is 5.11 Å². The zero-order valence-corrected chi connectivity index (χ0v) is 11.8. The molecule has 0 radical (unpaired) electrons. The lowest BCUT2D eigenvalue weighted by molar-refractivity contribution is 0.281. The van der Waals surface area contributed by atoms with Crippen molar-refractivity contribution in [1.82, 2.24) is 14.7 Å². The fourth-order valence-corrected chi connectivity index (χ4v) is 3.00. The summed E-state index contributed by atoms with van der Waals surface area (Å²) in [6.45, 7) is 5.39. The van der Waals surface area contributed by atoms with E-state index in [0.717, 1.165) is 30.2 Å². The van der Waals surface area contributed by atoms with Gasteiger partial charge in [-0.1, -0.05) is 0 Å². The number of aryl methyl sites for hydroxylation is 2. The van der Waals surface area contributed by atoms with E-state index in [1.165, 1.54) is 13.0 Å². The summed E-state index contributed by atoms with van der Waals surface area (Å²) in [4.78, 5) is 4.61. The molecule has 0 aromatic carbocycles. The Labute approximate surface area is 109 Å². The number of likely N-dealkylation sites (tertiary alicyclic amines) is 1. The van der Waals surface area contributed by atoms with Crippen LogP contribution in [0.25, 0.3) is 0 Å². The maximum Gasteiger partial charge on any atom is 0.132 e. The summed E-state index contributed by atoms with van der Waals surface area (Å²) >= 11 is 0. The third kappa shape index (κ3) is 2.52. The fraction of sp³-hybridized carbons (Fsp3) is 0.769. The van der Waals surface area contributed by atoms with Gasteiger partial charge in [0.1, 0.15) is 5.82 Å². The highest BCUT2D eigenvalue weighted by Crippen LogP contribution is 2.24. The standard InChI is InChI=1S/C13H24N4O/c1-10-12(9-18)13(17(4)14-10)16(3)8-11-5-6-15(2)7-11/h11,18H,5-9H2,1-4H3. The maximum atomic E-state index is 9.48. The molecule has 2 heterocycles. The first-order chi connectivity index (χ1) is 8.52. The van der Waals surface area contributed by atoms with Crippen LogP contribution >= 0.6 is 0 Å². The predicted molar refractivity (Wildman–Crippen MR) is 72.7 cm³/mol. The van der Waals surface area contributed by atoms with Gasteiger partial charge in [0, 0.05) is 32.7 Å². The van der Waals surface area contributed by atoms with Crippen molar-refractivity contribution in [2.45, 2.75) is 20.0 Å². The first-order valence-electron chi connectivity index (χ1n) is 6.56. The third-order valence-corrected chi connectivity index (χ3v) is 3.85. The molecule has 1 aromatic rings. The summed E-state index contributed by atoms with van der Waals surface area (Å²) in [6.07, 6.45) is 1.26. The molecule has 1 aliphatic heterocycles. The van der Waals surface area contributed by atoms with Crippen molar-refractivity contribution in [3.05, 3.63) is 11.3 Å². The number of aromatic nitrogens is 2. The Morgan fingerprint density at radius 3 is 2.72 bits per heavy atom. The lowest BCUT2D eigenvalue weighted by atomic mass is 10.1. The molecule has 18 heavy (non-hydrogen) atoms. The predicted octanol–water partition coefficient (Wildman–Crippen LogP) is 0.609. The second-order valence-electron chi connectivity index (χ2n) is 5.47. The minimum Gasteiger partial charge on any atom is -0.391 e. The molecule has 1 saturated heterocycles. The molecule has 1 fully saturated rings. The first-order valence-corrected chi connectivity index (χ1v) is 6.56. The number of rotatable bonds is 4. The number of hydrogen-bond acceptors (Lipinski definition) is 4. The molecule has 1 N–H and O–H groups in total. The van der Waals surface area contributed by atoms with Gasteiger partial charge < -0.3 is 14.9 Å². The molecule has 0 amide bonds. The normalized spacial score (nSPS) is 20.6. The van der Waals surface area contributed by atoms with Crippen molar-refractivity contribution in [2.24, 2.45) is 13.0 Å². The van der Waals surface area contributed by atoms with Gasteiger partial charge in [0.2, 0.25) is 0 Å². The molecule has 5 nitrogen and oxygen atoms in total. The smallest absolute Gasteiger partial charge is 0.132 e. The summed E-state index contributed by atoms with van der Waals surface area (Å²) in [5.74, 6) is 1.76. The van der Waals surface area contributed by atoms with Crippen molar-refractivity contribution >= 4 is 5.82 Å². The minimum absolute atomic E-state index is 0.0594. The highest BCUT2D eigenvalue weighted by molar-refractivity contribution is 5.49. The fourth-order valence-electron chi connectivity index (χ4n) is 3.00. The average molecular weight is 252 g/mol. The molecule has 1 aliphatic rings. The van der Waals surface area contributed by atoms with Gasteiger partial charge in [0.15, 0.2) is 0 Å². The summed E-state index contributed by atoms with van der Waals surface area (Å²) < 4.78 is 1.87. The quantitative estimate of drug-likeness (QED) is 0.853. The molecular weight excluding hydrogens is 228 g/mol. The Hall–Kier alpha value is -1.07. The van der Waals surface area contributed by atoms with Gasteiger partial charge in [-0.2, -0.15) is 5.10 Å². The number of nitrogens with zero attached hydrogens (tertiary/aromatic N) is 4. The molecule has 0 saturated carbocycles. The van der Waals surface area contributed by atoms with Crippen LogP contribution in [0.1, 0.15) is 17.7 Å². The van der Waals surface area contributed by atoms with Gasteiger partial charge in [-0.05, 0) is 32.9 Å². The highest BCUT2D eigenvalue weighted by Gasteiger charge is 2.23. The summed E-state index contributed by atoms with van der Waals surface area (Å²) in [7, 11) is 6.21. The van der Waals surface area contributed by atoms with Crippen molar-refractivity contribution in [3.8, 4) is 0 Å². The van der Waals surface area contributed by atoms with Crippen LogP contribution in [0.15, 0.2) is 0 Å². The lowest BCUT2D eigenvalue weighted by Gasteiger charge is -2.24. The molecular formula is C13H24N4O. The van der Waals surface area contributed by atoms with Gasteiger partial charge >= 0.3 is 0 Å². The molecule has 5 heteroatoms. The van der Waals surface area contributed by atoms with E-state index in [1.54, 1.807) is 0 Å². The van der Waals surface area contributed by atoms with E-state index in [2.05, 4.69) is 29.0 Å². The van der Waals surface area contributed by atoms with E-state index in [1.807, 2.05) is 18.7 Å². The van der Waals surface area contributed by atoms with Gasteiger partial charge in [0.05, 0.1) is 12.3 Å². The Kier molecular flexibility index (Phi) is 3.92. The molecule has 0 bridgehead atoms. The summed E-state index contributed by atoms with van der Waals surface area (Å²) in [5.41, 5.74) is 1.87. The Balaban J connectivity index is 2.11. The van der Waals surface area contributed by atoms with Crippen LogP contribution in [0.4, 0.5) is 5.82 Å². The SMILES string of the molecule is Cc1nn(C)c(N(C)CC2CCN(C)C2)c1CO. The van der Waals surface area contributed by atoms with E-state index in [-0.39, 0.29) is 6.61 Å². The van der Waals surface area contributed by atoms with Crippen LogP contribution in [0, 0.1) is 12.8 Å². The topological polar surface area (TPSA) is 44.5 Å². The van der Waals surface area contributed by atoms with E-state index in [4.69, 9.17) is 0 Å². The van der Waals surface area contributed by atoms with E-state index >= 15 is 0 Å². The molecule has 0 aliphatic carbocycles. The second-order valence-corrected chi connectivity index (χ2v) is 5.47. The highest BCUT2D eigenvalue weighted by atomic mass is 16.3. The molecule has 102 valence electrons. The van der Waals surface area contributed by atoms with Gasteiger partial charge in [-0.15, -0.1) is 0 Å². The van der Waals surface area contributed by atoms with E-state index in [9.17, 15) is 5.11 Å². The van der Waals surface area contributed by atoms with E-state index < -0.39 is 0 Å². The van der Waals surface area contributed by atoms with Crippen molar-refractivity contribution in [2.75, 3.05) is 38.6 Å². The molecule has 0 spiro atoms. The number of aliphatic hydroxyl groups excluding tert-OH is 1. The first kappa shape index (κ1) is 13.4. The number of aliphatic hydroxyl groups is 1. The third-order valence-electron chi connectivity index (χ3n) is 3.85. The Morgan fingerprint density at radius 2 is 2.17 bits per heavy atom. The van der Waals surface area contributed by atoms with Gasteiger partial charge in [0.25, 0.3) is 0 Å². The van der Waals surface area contributed by atoms with Gasteiger partial charge in [-0.25, -0.2) is 0 Å². The largest absolute Gasteiger partial charge is 0.391 e. The second kappa shape index (κ2) is 5.28. The maximum absolute atomic E-state index is 9.48. The number of hydrogen-bond donors (Lipinski definition) is 1. The lowest BCUT2D eigenvalue weighted by Crippen LogP contribution is -2.29. The zero-order chi connectivity index (χ0) is 13.3. The van der Waals surface area contributed by atoms with Crippen LogP contribution in [0.2, 0.25) is 0 Å². The zero-order valence-electron chi connectivity index (χ0n) is 11.8. The number of anilines is 1. The van der Waals surface area contributed by atoms with Crippen LogP contribution in [0.5, 0.6) is 0 Å². The monoisotopic (exact) mass is 252 g/mol. The van der Waals surface area contributed by atoms with Crippen LogP contribution in [-0.2, 0) is 13.7 Å². The van der Waals surface area contributed by atoms with Crippen LogP contribution < -0.4 is 4.90 Å². The van der Waals surface area contributed by atoms with Crippen molar-refractivity contribution in [3.63, 3.8) is 0 Å². The molecule has 1 atom stereocenters. The van der Waals surface area contributed by atoms with Crippen LogP contribution in [0.3, 0.4) is 0 Å². The van der Waals surface area contributed by atoms with E-state index in [0.29, 0.717) is 5.92 Å². The molecule has 1 aromatic heterocycles. The minimum atomic E-state index is 0.0594. The Morgan fingerprint density at radius 1 is 1.44 bits per heavy atom. The Bertz CT molecular complexity index is 415. The van der Waals surface area contributed by atoms with Crippen LogP contribution in [-0.4, -0.2) is 53.5 Å². The summed E-state index contributed by atoms with van der Waals surface area (Å²) in [6, 6.07) is 0. The molecule has 2 rings (SSSR count). The van der Waals surface area contributed by atoms with Crippen molar-refractivity contribution in [1.29, 1.82) is 0 Å².